The van der Waals surface area contributed by atoms with E-state index in [9.17, 15) is 18.0 Å². The molecule has 0 spiro atoms. The number of nitrogens with zero attached hydrogens (tertiary/aromatic N) is 1. The number of rotatable bonds is 1. The Morgan fingerprint density at radius 1 is 1.50 bits per heavy atom. The van der Waals surface area contributed by atoms with Gasteiger partial charge in [0.25, 0.3) is 0 Å². The van der Waals surface area contributed by atoms with E-state index in [0.717, 1.165) is 19.0 Å². The van der Waals surface area contributed by atoms with Crippen molar-refractivity contribution in [1.29, 1.82) is 0 Å². The first kappa shape index (κ1) is 13.4. The van der Waals surface area contributed by atoms with Crippen molar-refractivity contribution in [3.05, 3.63) is 11.6 Å². The molecule has 2 rings (SSSR count). The van der Waals surface area contributed by atoms with Gasteiger partial charge >= 0.3 is 6.18 Å². The van der Waals surface area contributed by atoms with Crippen molar-refractivity contribution in [2.24, 2.45) is 5.92 Å². The Bertz CT molecular complexity index is 365. The van der Waals surface area contributed by atoms with Crippen LogP contribution in [0.2, 0.25) is 0 Å². The molecule has 2 aliphatic rings. The molecule has 0 saturated carbocycles. The molecule has 2 heterocycles. The van der Waals surface area contributed by atoms with Crippen molar-refractivity contribution in [3.63, 3.8) is 0 Å². The Hall–Kier alpha value is -1.04. The van der Waals surface area contributed by atoms with E-state index in [-0.39, 0.29) is 37.4 Å². The average Bonchev–Trinajstić information content (AvgIpc) is 2.73. The van der Waals surface area contributed by atoms with Gasteiger partial charge < -0.3 is 10.2 Å². The number of hydrogen-bond donors (Lipinski definition) is 1. The normalized spacial score (nSPS) is 29.3. The van der Waals surface area contributed by atoms with Crippen LogP contribution in [0.1, 0.15) is 19.8 Å². The molecule has 1 saturated heterocycles. The molecule has 0 aliphatic carbocycles. The Morgan fingerprint density at radius 2 is 2.22 bits per heavy atom. The molecule has 2 unspecified atom stereocenters. The highest BCUT2D eigenvalue weighted by Crippen LogP contribution is 2.31. The molecule has 0 radical (unpaired) electrons. The minimum absolute atomic E-state index is 0.0232. The number of carbonyl (C=O) groups excluding carboxylic acids is 1. The first-order valence-corrected chi connectivity index (χ1v) is 6.18. The van der Waals surface area contributed by atoms with Crippen molar-refractivity contribution < 1.29 is 18.0 Å². The van der Waals surface area contributed by atoms with E-state index < -0.39 is 11.7 Å². The largest absolute Gasteiger partial charge is 0.412 e. The van der Waals surface area contributed by atoms with E-state index in [1.807, 2.05) is 6.92 Å². The van der Waals surface area contributed by atoms with E-state index in [2.05, 4.69) is 5.32 Å². The second-order valence-corrected chi connectivity index (χ2v) is 4.90. The topological polar surface area (TPSA) is 32.3 Å². The van der Waals surface area contributed by atoms with Crippen molar-refractivity contribution in [3.8, 4) is 0 Å². The molecule has 2 aliphatic heterocycles. The maximum atomic E-state index is 12.5. The van der Waals surface area contributed by atoms with Gasteiger partial charge in [0.2, 0.25) is 5.91 Å². The molecule has 0 bridgehead atoms. The molecule has 0 aromatic carbocycles. The van der Waals surface area contributed by atoms with Gasteiger partial charge in [-0.2, -0.15) is 13.2 Å². The summed E-state index contributed by atoms with van der Waals surface area (Å²) in [6.45, 7) is 3.00. The van der Waals surface area contributed by atoms with Gasteiger partial charge in [-0.05, 0) is 26.3 Å². The van der Waals surface area contributed by atoms with Gasteiger partial charge in [-0.1, -0.05) is 6.08 Å². The van der Waals surface area contributed by atoms with Gasteiger partial charge in [0.15, 0.2) is 0 Å². The summed E-state index contributed by atoms with van der Waals surface area (Å²) >= 11 is 0. The molecule has 102 valence electrons. The molecule has 2 atom stereocenters. The lowest BCUT2D eigenvalue weighted by Gasteiger charge is -2.30. The highest BCUT2D eigenvalue weighted by molar-refractivity contribution is 5.80. The van der Waals surface area contributed by atoms with Crippen molar-refractivity contribution in [1.82, 2.24) is 10.2 Å². The minimum atomic E-state index is -4.25. The summed E-state index contributed by atoms with van der Waals surface area (Å²) in [7, 11) is 0. The maximum Gasteiger partial charge on any atom is 0.412 e. The van der Waals surface area contributed by atoms with E-state index in [4.69, 9.17) is 0 Å². The summed E-state index contributed by atoms with van der Waals surface area (Å²) < 4.78 is 37.4. The van der Waals surface area contributed by atoms with E-state index in [1.54, 1.807) is 0 Å². The monoisotopic (exact) mass is 262 g/mol. The summed E-state index contributed by atoms with van der Waals surface area (Å²) in [5.41, 5.74) is -0.510. The SMILES string of the molecule is CC1NCCC1C(=O)N1CC=C(C(F)(F)F)CC1. The zero-order valence-corrected chi connectivity index (χ0v) is 10.3. The molecule has 0 aromatic rings. The zero-order chi connectivity index (χ0) is 13.3. The van der Waals surface area contributed by atoms with Crippen LogP contribution in [0.3, 0.4) is 0 Å². The third kappa shape index (κ3) is 2.68. The van der Waals surface area contributed by atoms with Crippen LogP contribution in [-0.4, -0.2) is 42.7 Å². The second-order valence-electron chi connectivity index (χ2n) is 4.90. The number of alkyl halides is 3. The van der Waals surface area contributed by atoms with Crippen LogP contribution in [0, 0.1) is 5.92 Å². The third-order valence-corrected chi connectivity index (χ3v) is 3.73. The van der Waals surface area contributed by atoms with Crippen LogP contribution in [0.4, 0.5) is 13.2 Å². The fraction of sp³-hybridized carbons (Fsp3) is 0.750. The molecule has 1 N–H and O–H groups in total. The van der Waals surface area contributed by atoms with Crippen LogP contribution in [0.5, 0.6) is 0 Å². The average molecular weight is 262 g/mol. The summed E-state index contributed by atoms with van der Waals surface area (Å²) in [6, 6.07) is 0.116. The molecule has 1 amide bonds. The number of hydrogen-bond acceptors (Lipinski definition) is 2. The zero-order valence-electron chi connectivity index (χ0n) is 10.3. The molecule has 0 aromatic heterocycles. The highest BCUT2D eigenvalue weighted by Gasteiger charge is 2.37. The second kappa shape index (κ2) is 4.91. The van der Waals surface area contributed by atoms with Crippen molar-refractivity contribution >= 4 is 5.91 Å². The fourth-order valence-electron chi connectivity index (χ4n) is 2.56. The van der Waals surface area contributed by atoms with Crippen molar-refractivity contribution in [2.75, 3.05) is 19.6 Å². The Kier molecular flexibility index (Phi) is 3.66. The molecule has 6 heteroatoms. The molecule has 1 fully saturated rings. The molecular formula is C12H17F3N2O. The van der Waals surface area contributed by atoms with Crippen LogP contribution in [0.15, 0.2) is 11.6 Å². The lowest BCUT2D eigenvalue weighted by atomic mass is 9.98. The standard InChI is InChI=1S/C12H17F3N2O/c1-8-10(2-5-16-8)11(18)17-6-3-9(4-7-17)12(13,14)15/h3,8,10,16H,2,4-7H2,1H3. The van der Waals surface area contributed by atoms with Gasteiger partial charge in [0.05, 0.1) is 5.92 Å². The predicted molar refractivity (Wildman–Crippen MR) is 60.9 cm³/mol. The van der Waals surface area contributed by atoms with E-state index in [0.29, 0.717) is 0 Å². The smallest absolute Gasteiger partial charge is 0.338 e. The summed E-state index contributed by atoms with van der Waals surface area (Å²) in [5.74, 6) is -0.115. The van der Waals surface area contributed by atoms with Gasteiger partial charge in [-0.15, -0.1) is 0 Å². The van der Waals surface area contributed by atoms with Crippen LogP contribution < -0.4 is 5.32 Å². The lowest BCUT2D eigenvalue weighted by Crippen LogP contribution is -2.43. The fourth-order valence-corrected chi connectivity index (χ4v) is 2.56. The number of amides is 1. The van der Waals surface area contributed by atoms with Crippen LogP contribution >= 0.6 is 0 Å². The van der Waals surface area contributed by atoms with Crippen LogP contribution in [0.25, 0.3) is 0 Å². The Morgan fingerprint density at radius 3 is 2.67 bits per heavy atom. The first-order chi connectivity index (χ1) is 8.39. The Balaban J connectivity index is 1.97. The van der Waals surface area contributed by atoms with E-state index >= 15 is 0 Å². The Labute approximate surface area is 104 Å². The van der Waals surface area contributed by atoms with E-state index in [1.165, 1.54) is 4.90 Å². The van der Waals surface area contributed by atoms with Crippen molar-refractivity contribution in [2.45, 2.75) is 32.0 Å². The molecule has 3 nitrogen and oxygen atoms in total. The number of nitrogens with one attached hydrogen (secondary N) is 1. The third-order valence-electron chi connectivity index (χ3n) is 3.73. The van der Waals surface area contributed by atoms with Gasteiger partial charge in [-0.3, -0.25) is 4.79 Å². The molecular weight excluding hydrogens is 245 g/mol. The predicted octanol–water partition coefficient (Wildman–Crippen LogP) is 1.71. The number of carbonyl (C=O) groups is 1. The highest BCUT2D eigenvalue weighted by atomic mass is 19.4. The summed E-state index contributed by atoms with van der Waals surface area (Å²) in [6.07, 6.45) is -2.44. The lowest BCUT2D eigenvalue weighted by molar-refractivity contribution is -0.136. The minimum Gasteiger partial charge on any atom is -0.338 e. The first-order valence-electron chi connectivity index (χ1n) is 6.18. The van der Waals surface area contributed by atoms with Crippen LogP contribution in [-0.2, 0) is 4.79 Å². The maximum absolute atomic E-state index is 12.5. The van der Waals surface area contributed by atoms with Gasteiger partial charge in [0, 0.05) is 24.7 Å². The molecule has 18 heavy (non-hydrogen) atoms. The quantitative estimate of drug-likeness (QED) is 0.730. The number of halogens is 3. The summed E-state index contributed by atoms with van der Waals surface area (Å²) in [5, 5.41) is 3.18. The summed E-state index contributed by atoms with van der Waals surface area (Å²) in [4.78, 5) is 13.7. The van der Waals surface area contributed by atoms with Gasteiger partial charge in [0.1, 0.15) is 0 Å². The van der Waals surface area contributed by atoms with Gasteiger partial charge in [-0.25, -0.2) is 0 Å².